The second kappa shape index (κ2) is 6.54. The van der Waals surface area contributed by atoms with Crippen molar-refractivity contribution in [3.05, 3.63) is 10.6 Å². The van der Waals surface area contributed by atoms with Crippen LogP contribution in [-0.2, 0) is 0 Å². The number of carboxylic acid groups (broad SMARTS) is 1. The predicted octanol–water partition coefficient (Wildman–Crippen LogP) is 2.50. The molecule has 1 aliphatic heterocycles. The Morgan fingerprint density at radius 1 is 1.35 bits per heavy atom. The van der Waals surface area contributed by atoms with Crippen molar-refractivity contribution in [2.75, 3.05) is 37.6 Å². The molecule has 5 nitrogen and oxygen atoms in total. The summed E-state index contributed by atoms with van der Waals surface area (Å²) in [5, 5.41) is 10.2. The van der Waals surface area contributed by atoms with E-state index in [4.69, 9.17) is 0 Å². The van der Waals surface area contributed by atoms with E-state index in [2.05, 4.69) is 28.6 Å². The molecule has 0 amide bonds. The molecule has 6 heteroatoms. The van der Waals surface area contributed by atoms with Crippen LogP contribution in [0.15, 0.2) is 0 Å². The molecule has 0 bridgehead atoms. The zero-order valence-electron chi connectivity index (χ0n) is 12.4. The third kappa shape index (κ3) is 3.12. The van der Waals surface area contributed by atoms with Crippen LogP contribution in [0.25, 0.3) is 0 Å². The van der Waals surface area contributed by atoms with E-state index in [9.17, 15) is 9.90 Å². The van der Waals surface area contributed by atoms with E-state index in [1.807, 2.05) is 6.92 Å². The lowest BCUT2D eigenvalue weighted by Crippen LogP contribution is -2.46. The Kier molecular flexibility index (Phi) is 4.99. The molecule has 1 saturated heterocycles. The summed E-state index contributed by atoms with van der Waals surface area (Å²) in [6, 6.07) is 0. The van der Waals surface area contributed by atoms with Crippen molar-refractivity contribution in [3.8, 4) is 0 Å². The number of anilines is 1. The van der Waals surface area contributed by atoms with Crippen molar-refractivity contribution in [3.63, 3.8) is 0 Å². The molecule has 2 heterocycles. The standard InChI is InChI=1S/C14H23N3O2S/c1-4-10(3)11-12(13(18)19)20-14(15-11)17-8-6-16(5-2)7-9-17/h10H,4-9H2,1-3H3,(H,18,19). The van der Waals surface area contributed by atoms with Crippen molar-refractivity contribution in [2.24, 2.45) is 0 Å². The number of nitrogens with zero attached hydrogens (tertiary/aromatic N) is 3. The largest absolute Gasteiger partial charge is 0.477 e. The van der Waals surface area contributed by atoms with Crippen molar-refractivity contribution in [1.82, 2.24) is 9.88 Å². The summed E-state index contributed by atoms with van der Waals surface area (Å²) < 4.78 is 0. The van der Waals surface area contributed by atoms with Crippen LogP contribution in [0, 0.1) is 0 Å². The number of thiazole rings is 1. The molecule has 0 saturated carbocycles. The molecule has 0 aliphatic carbocycles. The Labute approximate surface area is 124 Å². The normalized spacial score (nSPS) is 18.2. The third-order valence-electron chi connectivity index (χ3n) is 4.01. The molecule has 0 radical (unpaired) electrons. The topological polar surface area (TPSA) is 56.7 Å². The van der Waals surface area contributed by atoms with Crippen LogP contribution < -0.4 is 4.90 Å². The van der Waals surface area contributed by atoms with E-state index < -0.39 is 5.97 Å². The second-order valence-electron chi connectivity index (χ2n) is 5.25. The third-order valence-corrected chi connectivity index (χ3v) is 5.13. The van der Waals surface area contributed by atoms with Crippen molar-refractivity contribution in [1.29, 1.82) is 0 Å². The van der Waals surface area contributed by atoms with Gasteiger partial charge >= 0.3 is 5.97 Å². The van der Waals surface area contributed by atoms with Crippen LogP contribution in [0.4, 0.5) is 5.13 Å². The summed E-state index contributed by atoms with van der Waals surface area (Å²) in [7, 11) is 0. The second-order valence-corrected chi connectivity index (χ2v) is 6.22. The van der Waals surface area contributed by atoms with E-state index in [1.165, 1.54) is 11.3 Å². The highest BCUT2D eigenvalue weighted by molar-refractivity contribution is 7.17. The maximum absolute atomic E-state index is 11.4. The van der Waals surface area contributed by atoms with Crippen molar-refractivity contribution >= 4 is 22.4 Å². The highest BCUT2D eigenvalue weighted by Gasteiger charge is 2.25. The minimum atomic E-state index is -0.851. The number of aromatic nitrogens is 1. The summed E-state index contributed by atoms with van der Waals surface area (Å²) in [5.74, 6) is -0.653. The Morgan fingerprint density at radius 3 is 2.50 bits per heavy atom. The molecule has 0 aromatic carbocycles. The van der Waals surface area contributed by atoms with Gasteiger partial charge in [-0.25, -0.2) is 9.78 Å². The number of likely N-dealkylation sites (N-methyl/N-ethyl adjacent to an activating group) is 1. The molecule has 1 unspecified atom stereocenters. The van der Waals surface area contributed by atoms with Gasteiger partial charge < -0.3 is 14.9 Å². The molecular weight excluding hydrogens is 274 g/mol. The number of piperazine rings is 1. The minimum Gasteiger partial charge on any atom is -0.477 e. The molecule has 20 heavy (non-hydrogen) atoms. The molecule has 1 N–H and O–H groups in total. The van der Waals surface area contributed by atoms with Gasteiger partial charge in [0.2, 0.25) is 0 Å². The Bertz CT molecular complexity index is 467. The fraction of sp³-hybridized carbons (Fsp3) is 0.714. The molecule has 0 spiro atoms. The summed E-state index contributed by atoms with van der Waals surface area (Å²) >= 11 is 1.32. The first-order chi connectivity index (χ1) is 9.56. The van der Waals surface area contributed by atoms with Crippen molar-refractivity contribution in [2.45, 2.75) is 33.1 Å². The fourth-order valence-electron chi connectivity index (χ4n) is 2.39. The van der Waals surface area contributed by atoms with Crippen molar-refractivity contribution < 1.29 is 9.90 Å². The van der Waals surface area contributed by atoms with Gasteiger partial charge in [0, 0.05) is 26.2 Å². The van der Waals surface area contributed by atoms with E-state index in [-0.39, 0.29) is 5.92 Å². The number of aromatic carboxylic acids is 1. The van der Waals surface area contributed by atoms with Crippen LogP contribution in [0.2, 0.25) is 0 Å². The number of carboxylic acids is 1. The molecule has 2 rings (SSSR count). The van der Waals surface area contributed by atoms with E-state index in [0.29, 0.717) is 4.88 Å². The smallest absolute Gasteiger partial charge is 0.347 e. The average molecular weight is 297 g/mol. The number of rotatable bonds is 5. The lowest BCUT2D eigenvalue weighted by molar-refractivity contribution is 0.0700. The number of carbonyl (C=O) groups is 1. The van der Waals surface area contributed by atoms with Gasteiger partial charge in [0.15, 0.2) is 5.13 Å². The average Bonchev–Trinajstić information content (AvgIpc) is 2.92. The van der Waals surface area contributed by atoms with E-state index in [0.717, 1.165) is 50.0 Å². The molecule has 1 atom stereocenters. The minimum absolute atomic E-state index is 0.197. The summed E-state index contributed by atoms with van der Waals surface area (Å²) in [6.45, 7) is 11.3. The summed E-state index contributed by atoms with van der Waals surface area (Å²) in [6.07, 6.45) is 0.910. The predicted molar refractivity (Wildman–Crippen MR) is 82.1 cm³/mol. The van der Waals surface area contributed by atoms with Crippen LogP contribution in [0.3, 0.4) is 0 Å². The van der Waals surface area contributed by atoms with Crippen LogP contribution in [0.5, 0.6) is 0 Å². The zero-order valence-corrected chi connectivity index (χ0v) is 13.2. The lowest BCUT2D eigenvalue weighted by atomic mass is 10.0. The first kappa shape index (κ1) is 15.3. The van der Waals surface area contributed by atoms with Crippen LogP contribution >= 0.6 is 11.3 Å². The molecule has 1 fully saturated rings. The maximum Gasteiger partial charge on any atom is 0.347 e. The SMILES string of the molecule is CCC(C)c1nc(N2CCN(CC)CC2)sc1C(=O)O. The maximum atomic E-state index is 11.4. The van der Waals surface area contributed by atoms with Gasteiger partial charge in [-0.2, -0.15) is 0 Å². The molecule has 112 valence electrons. The summed E-state index contributed by atoms with van der Waals surface area (Å²) in [5.41, 5.74) is 0.748. The Hall–Kier alpha value is -1.14. The van der Waals surface area contributed by atoms with Gasteiger partial charge in [-0.05, 0) is 18.9 Å². The van der Waals surface area contributed by atoms with Crippen LogP contribution in [0.1, 0.15) is 48.5 Å². The number of hydrogen-bond donors (Lipinski definition) is 1. The number of hydrogen-bond acceptors (Lipinski definition) is 5. The molecule has 1 aliphatic rings. The monoisotopic (exact) mass is 297 g/mol. The first-order valence-electron chi connectivity index (χ1n) is 7.28. The van der Waals surface area contributed by atoms with Crippen LogP contribution in [-0.4, -0.2) is 53.7 Å². The lowest BCUT2D eigenvalue weighted by Gasteiger charge is -2.33. The van der Waals surface area contributed by atoms with Gasteiger partial charge in [-0.1, -0.05) is 32.1 Å². The fourth-order valence-corrected chi connectivity index (χ4v) is 3.47. The summed E-state index contributed by atoms with van der Waals surface area (Å²) in [4.78, 5) is 21.0. The van der Waals surface area contributed by atoms with E-state index in [1.54, 1.807) is 0 Å². The molecular formula is C14H23N3O2S. The van der Waals surface area contributed by atoms with Gasteiger partial charge in [0.05, 0.1) is 5.69 Å². The zero-order chi connectivity index (χ0) is 14.7. The van der Waals surface area contributed by atoms with Gasteiger partial charge in [0.25, 0.3) is 0 Å². The quantitative estimate of drug-likeness (QED) is 0.905. The highest BCUT2D eigenvalue weighted by Crippen LogP contribution is 2.32. The Balaban J connectivity index is 2.19. The van der Waals surface area contributed by atoms with Gasteiger partial charge in [0.1, 0.15) is 4.88 Å². The molecule has 1 aromatic rings. The van der Waals surface area contributed by atoms with Gasteiger partial charge in [-0.15, -0.1) is 0 Å². The molecule has 1 aromatic heterocycles. The van der Waals surface area contributed by atoms with E-state index >= 15 is 0 Å². The highest BCUT2D eigenvalue weighted by atomic mass is 32.1. The first-order valence-corrected chi connectivity index (χ1v) is 8.09. The Morgan fingerprint density at radius 2 is 2.00 bits per heavy atom. The van der Waals surface area contributed by atoms with Gasteiger partial charge in [-0.3, -0.25) is 0 Å².